The summed E-state index contributed by atoms with van der Waals surface area (Å²) >= 11 is 0. The van der Waals surface area contributed by atoms with Crippen LogP contribution in [-0.4, -0.2) is 33.3 Å². The molecule has 6 nitrogen and oxygen atoms in total. The third kappa shape index (κ3) is 2.33. The maximum atomic E-state index is 12.1. The highest BCUT2D eigenvalue weighted by Gasteiger charge is 2.46. The Labute approximate surface area is 110 Å². The van der Waals surface area contributed by atoms with Gasteiger partial charge in [-0.1, -0.05) is 0 Å². The lowest BCUT2D eigenvalue weighted by molar-refractivity contribution is -0.144. The summed E-state index contributed by atoms with van der Waals surface area (Å²) in [5.74, 6) is 0.697. The molecule has 1 saturated heterocycles. The number of methoxy groups -OCH3 is 2. The standard InChI is InChI=1S/C13H14N2O4/c1-17-9-3-4-11(18-2)10(5-9)15-12(16)13(6-14)7-19-8-13/h3-5H,7-8H2,1-2H3,(H,15,16). The number of nitriles is 1. The summed E-state index contributed by atoms with van der Waals surface area (Å²) in [6.45, 7) is 0.225. The Morgan fingerprint density at radius 2 is 2.16 bits per heavy atom. The molecule has 0 atom stereocenters. The minimum Gasteiger partial charge on any atom is -0.497 e. The minimum absolute atomic E-state index is 0.113. The summed E-state index contributed by atoms with van der Waals surface area (Å²) in [5, 5.41) is 11.7. The number of nitrogens with one attached hydrogen (secondary N) is 1. The lowest BCUT2D eigenvalue weighted by Crippen LogP contribution is -2.50. The van der Waals surface area contributed by atoms with Crippen molar-refractivity contribution in [1.82, 2.24) is 0 Å². The molecule has 6 heteroatoms. The fraction of sp³-hybridized carbons (Fsp3) is 0.385. The van der Waals surface area contributed by atoms with E-state index >= 15 is 0 Å². The summed E-state index contributed by atoms with van der Waals surface area (Å²) < 4.78 is 15.2. The molecule has 1 aromatic rings. The highest BCUT2D eigenvalue weighted by atomic mass is 16.5. The van der Waals surface area contributed by atoms with E-state index in [0.717, 1.165) is 0 Å². The topological polar surface area (TPSA) is 80.6 Å². The molecular weight excluding hydrogens is 248 g/mol. The van der Waals surface area contributed by atoms with Crippen LogP contribution in [-0.2, 0) is 9.53 Å². The SMILES string of the molecule is COc1ccc(OC)c(NC(=O)C2(C#N)COC2)c1. The van der Waals surface area contributed by atoms with E-state index in [1.54, 1.807) is 18.2 Å². The maximum absolute atomic E-state index is 12.1. The van der Waals surface area contributed by atoms with E-state index in [-0.39, 0.29) is 13.2 Å². The molecule has 1 N–H and O–H groups in total. The molecule has 19 heavy (non-hydrogen) atoms. The monoisotopic (exact) mass is 262 g/mol. The van der Waals surface area contributed by atoms with Gasteiger partial charge in [0.05, 0.1) is 39.2 Å². The van der Waals surface area contributed by atoms with Crippen molar-refractivity contribution >= 4 is 11.6 Å². The summed E-state index contributed by atoms with van der Waals surface area (Å²) in [7, 11) is 3.04. The molecule has 0 spiro atoms. The highest BCUT2D eigenvalue weighted by Crippen LogP contribution is 2.33. The van der Waals surface area contributed by atoms with Gasteiger partial charge in [-0.25, -0.2) is 0 Å². The predicted octanol–water partition coefficient (Wildman–Crippen LogP) is 1.18. The quantitative estimate of drug-likeness (QED) is 0.881. The molecule has 0 saturated carbocycles. The number of rotatable bonds is 4. The van der Waals surface area contributed by atoms with E-state index in [0.29, 0.717) is 17.2 Å². The largest absolute Gasteiger partial charge is 0.497 e. The molecular formula is C13H14N2O4. The average molecular weight is 262 g/mol. The molecule has 1 aliphatic heterocycles. The number of anilines is 1. The molecule has 0 bridgehead atoms. The first-order valence-corrected chi connectivity index (χ1v) is 5.67. The van der Waals surface area contributed by atoms with Gasteiger partial charge in [-0.15, -0.1) is 0 Å². The van der Waals surface area contributed by atoms with Crippen LogP contribution in [0.2, 0.25) is 0 Å². The van der Waals surface area contributed by atoms with Gasteiger partial charge in [-0.2, -0.15) is 5.26 Å². The molecule has 0 aromatic heterocycles. The molecule has 0 radical (unpaired) electrons. The van der Waals surface area contributed by atoms with Crippen molar-refractivity contribution < 1.29 is 19.0 Å². The Bertz CT molecular complexity index is 532. The Morgan fingerprint density at radius 1 is 1.42 bits per heavy atom. The molecule has 1 aromatic carbocycles. The normalized spacial score (nSPS) is 15.8. The molecule has 1 fully saturated rings. The first-order valence-electron chi connectivity index (χ1n) is 5.67. The average Bonchev–Trinajstić information content (AvgIpc) is 2.38. The maximum Gasteiger partial charge on any atom is 0.249 e. The van der Waals surface area contributed by atoms with E-state index in [1.165, 1.54) is 14.2 Å². The molecule has 1 amide bonds. The smallest absolute Gasteiger partial charge is 0.249 e. The molecule has 1 heterocycles. The zero-order valence-corrected chi connectivity index (χ0v) is 10.7. The van der Waals surface area contributed by atoms with E-state index in [4.69, 9.17) is 19.5 Å². The van der Waals surface area contributed by atoms with Crippen LogP contribution in [0.15, 0.2) is 18.2 Å². The third-order valence-corrected chi connectivity index (χ3v) is 3.00. The van der Waals surface area contributed by atoms with Crippen LogP contribution in [0, 0.1) is 16.7 Å². The third-order valence-electron chi connectivity index (χ3n) is 3.00. The molecule has 2 rings (SSSR count). The van der Waals surface area contributed by atoms with Crippen LogP contribution >= 0.6 is 0 Å². The first kappa shape index (κ1) is 13.2. The predicted molar refractivity (Wildman–Crippen MR) is 67.0 cm³/mol. The number of benzene rings is 1. The van der Waals surface area contributed by atoms with Crippen LogP contribution in [0.1, 0.15) is 0 Å². The zero-order chi connectivity index (χ0) is 13.9. The number of amides is 1. The van der Waals surface area contributed by atoms with Gasteiger partial charge in [-0.05, 0) is 12.1 Å². The Balaban J connectivity index is 2.23. The summed E-state index contributed by atoms with van der Waals surface area (Å²) in [6, 6.07) is 7.04. The second kappa shape index (κ2) is 5.16. The molecule has 1 aliphatic rings. The Hall–Kier alpha value is -2.26. The van der Waals surface area contributed by atoms with Gasteiger partial charge in [0.2, 0.25) is 5.91 Å². The number of hydrogen-bond acceptors (Lipinski definition) is 5. The van der Waals surface area contributed by atoms with Gasteiger partial charge in [0.25, 0.3) is 0 Å². The number of nitrogens with zero attached hydrogens (tertiary/aromatic N) is 1. The lowest BCUT2D eigenvalue weighted by atomic mass is 9.87. The number of hydrogen-bond donors (Lipinski definition) is 1. The van der Waals surface area contributed by atoms with Gasteiger partial charge in [0.15, 0.2) is 5.41 Å². The van der Waals surface area contributed by atoms with Crippen LogP contribution in [0.25, 0.3) is 0 Å². The second-order valence-corrected chi connectivity index (χ2v) is 4.21. The van der Waals surface area contributed by atoms with Crippen molar-refractivity contribution in [3.63, 3.8) is 0 Å². The van der Waals surface area contributed by atoms with Gasteiger partial charge < -0.3 is 19.5 Å². The highest BCUT2D eigenvalue weighted by molar-refractivity contribution is 5.99. The fourth-order valence-electron chi connectivity index (χ4n) is 1.71. The number of carbonyl (C=O) groups is 1. The van der Waals surface area contributed by atoms with Crippen LogP contribution in [0.4, 0.5) is 5.69 Å². The van der Waals surface area contributed by atoms with E-state index in [1.807, 2.05) is 6.07 Å². The van der Waals surface area contributed by atoms with Crippen LogP contribution in [0.3, 0.4) is 0 Å². The van der Waals surface area contributed by atoms with Crippen molar-refractivity contribution in [3.8, 4) is 17.6 Å². The Morgan fingerprint density at radius 3 is 2.63 bits per heavy atom. The van der Waals surface area contributed by atoms with Crippen molar-refractivity contribution in [2.45, 2.75) is 0 Å². The van der Waals surface area contributed by atoms with Crippen molar-refractivity contribution in [2.75, 3.05) is 32.8 Å². The fourth-order valence-corrected chi connectivity index (χ4v) is 1.71. The second-order valence-electron chi connectivity index (χ2n) is 4.21. The van der Waals surface area contributed by atoms with Crippen molar-refractivity contribution in [3.05, 3.63) is 18.2 Å². The van der Waals surface area contributed by atoms with Crippen molar-refractivity contribution in [1.29, 1.82) is 5.26 Å². The van der Waals surface area contributed by atoms with Crippen LogP contribution in [0.5, 0.6) is 11.5 Å². The van der Waals surface area contributed by atoms with E-state index in [2.05, 4.69) is 5.32 Å². The van der Waals surface area contributed by atoms with E-state index < -0.39 is 11.3 Å². The summed E-state index contributed by atoms with van der Waals surface area (Å²) in [4.78, 5) is 12.1. The molecule has 0 aliphatic carbocycles. The Kier molecular flexibility index (Phi) is 3.58. The van der Waals surface area contributed by atoms with Crippen LogP contribution < -0.4 is 14.8 Å². The number of carbonyl (C=O) groups excluding carboxylic acids is 1. The number of ether oxygens (including phenoxy) is 3. The van der Waals surface area contributed by atoms with E-state index in [9.17, 15) is 4.79 Å². The molecule has 0 unspecified atom stereocenters. The molecule has 100 valence electrons. The van der Waals surface area contributed by atoms with Crippen molar-refractivity contribution in [2.24, 2.45) is 5.41 Å². The first-order chi connectivity index (χ1) is 9.15. The summed E-state index contributed by atoms with van der Waals surface area (Å²) in [5.41, 5.74) is -0.637. The summed E-state index contributed by atoms with van der Waals surface area (Å²) in [6.07, 6.45) is 0. The minimum atomic E-state index is -1.10. The van der Waals surface area contributed by atoms with Gasteiger partial charge in [-0.3, -0.25) is 4.79 Å². The van der Waals surface area contributed by atoms with Gasteiger partial charge in [0, 0.05) is 6.07 Å². The zero-order valence-electron chi connectivity index (χ0n) is 10.7. The van der Waals surface area contributed by atoms with Gasteiger partial charge in [0.1, 0.15) is 11.5 Å². The van der Waals surface area contributed by atoms with Gasteiger partial charge >= 0.3 is 0 Å². The lowest BCUT2D eigenvalue weighted by Gasteiger charge is -2.33.